The van der Waals surface area contributed by atoms with Gasteiger partial charge >= 0.3 is 5.97 Å². The van der Waals surface area contributed by atoms with Crippen LogP contribution in [0.1, 0.15) is 51.4 Å². The molecule has 12 nitrogen and oxygen atoms in total. The number of nitrogens with one attached hydrogen (secondary N) is 4. The standard InChI is InChI=1S/C20H38N6O6/c21-9-3-1-6-14(18(29)25-15(20(31)32)7-2-4-10-22)24-19(30)16(12-27)26-17(28)13-8-5-11-23-13/h13-16,23,27H,1-12,21-22H2,(H,24,30)(H,25,29)(H,26,28)(H,31,32). The molecule has 1 heterocycles. The van der Waals surface area contributed by atoms with Crippen molar-refractivity contribution in [3.63, 3.8) is 0 Å². The number of carbonyl (C=O) groups excluding carboxylic acids is 3. The summed E-state index contributed by atoms with van der Waals surface area (Å²) in [5, 5.41) is 29.5. The molecule has 0 spiro atoms. The van der Waals surface area contributed by atoms with E-state index >= 15 is 0 Å². The first kappa shape index (κ1) is 27.8. The number of carbonyl (C=O) groups is 4. The largest absolute Gasteiger partial charge is 0.480 e. The van der Waals surface area contributed by atoms with E-state index in [1.54, 1.807) is 0 Å². The summed E-state index contributed by atoms with van der Waals surface area (Å²) in [7, 11) is 0. The fraction of sp³-hybridized carbons (Fsp3) is 0.800. The predicted octanol–water partition coefficient (Wildman–Crippen LogP) is -2.47. The van der Waals surface area contributed by atoms with Gasteiger partial charge in [-0.25, -0.2) is 4.79 Å². The first-order valence-corrected chi connectivity index (χ1v) is 11.2. The molecule has 1 rings (SSSR count). The van der Waals surface area contributed by atoms with Crippen molar-refractivity contribution >= 4 is 23.7 Å². The third-order valence-corrected chi connectivity index (χ3v) is 5.33. The van der Waals surface area contributed by atoms with Gasteiger partial charge in [0.05, 0.1) is 12.6 Å². The molecule has 1 fully saturated rings. The van der Waals surface area contributed by atoms with Gasteiger partial charge in [-0.3, -0.25) is 14.4 Å². The number of amides is 3. The summed E-state index contributed by atoms with van der Waals surface area (Å²) in [6, 6.07) is -3.79. The van der Waals surface area contributed by atoms with E-state index in [0.717, 1.165) is 6.42 Å². The van der Waals surface area contributed by atoms with E-state index in [4.69, 9.17) is 11.5 Å². The minimum Gasteiger partial charge on any atom is -0.480 e. The Morgan fingerprint density at radius 3 is 1.94 bits per heavy atom. The normalized spacial score (nSPS) is 18.4. The minimum absolute atomic E-state index is 0.214. The summed E-state index contributed by atoms with van der Waals surface area (Å²) in [6.45, 7) is 0.886. The van der Waals surface area contributed by atoms with Crippen molar-refractivity contribution < 1.29 is 29.4 Å². The van der Waals surface area contributed by atoms with E-state index in [9.17, 15) is 29.4 Å². The number of aliphatic hydroxyl groups is 1. The molecule has 12 heteroatoms. The molecule has 4 atom stereocenters. The van der Waals surface area contributed by atoms with E-state index in [2.05, 4.69) is 21.3 Å². The first-order chi connectivity index (χ1) is 15.3. The lowest BCUT2D eigenvalue weighted by Crippen LogP contribution is -2.58. The van der Waals surface area contributed by atoms with Gasteiger partial charge in [0.15, 0.2) is 0 Å². The highest BCUT2D eigenvalue weighted by molar-refractivity contribution is 5.94. The molecule has 1 aliphatic heterocycles. The maximum absolute atomic E-state index is 12.8. The van der Waals surface area contributed by atoms with Crippen molar-refractivity contribution in [2.75, 3.05) is 26.2 Å². The molecule has 0 radical (unpaired) electrons. The molecular weight excluding hydrogens is 420 g/mol. The van der Waals surface area contributed by atoms with Crippen LogP contribution in [-0.4, -0.2) is 84.3 Å². The number of aliphatic carboxylic acids is 1. The third kappa shape index (κ3) is 9.90. The smallest absolute Gasteiger partial charge is 0.326 e. The molecule has 184 valence electrons. The molecule has 1 saturated heterocycles. The summed E-state index contributed by atoms with van der Waals surface area (Å²) >= 11 is 0. The number of aliphatic hydroxyl groups excluding tert-OH is 1. The number of carboxylic acids is 1. The van der Waals surface area contributed by atoms with Gasteiger partial charge < -0.3 is 42.9 Å². The van der Waals surface area contributed by atoms with E-state index in [1.807, 2.05) is 0 Å². The molecule has 0 aromatic heterocycles. The maximum Gasteiger partial charge on any atom is 0.326 e. The quantitative estimate of drug-likeness (QED) is 0.115. The second kappa shape index (κ2) is 15.5. The summed E-state index contributed by atoms with van der Waals surface area (Å²) in [5.41, 5.74) is 10.9. The SMILES string of the molecule is NCCCCC(NC(=O)C(CCCCN)NC(=O)C(CO)NC(=O)C1CCCN1)C(=O)O. The van der Waals surface area contributed by atoms with Crippen molar-refractivity contribution in [2.45, 2.75) is 75.5 Å². The van der Waals surface area contributed by atoms with Gasteiger partial charge in [0.25, 0.3) is 0 Å². The number of rotatable bonds is 16. The number of carboxylic acid groups (broad SMARTS) is 1. The lowest BCUT2D eigenvalue weighted by molar-refractivity contribution is -0.142. The highest BCUT2D eigenvalue weighted by Crippen LogP contribution is 2.07. The van der Waals surface area contributed by atoms with Gasteiger partial charge in [0.2, 0.25) is 17.7 Å². The molecule has 0 saturated carbocycles. The second-order valence-electron chi connectivity index (χ2n) is 7.92. The highest BCUT2D eigenvalue weighted by Gasteiger charge is 2.30. The monoisotopic (exact) mass is 458 g/mol. The molecule has 32 heavy (non-hydrogen) atoms. The number of hydrogen-bond acceptors (Lipinski definition) is 8. The second-order valence-corrected chi connectivity index (χ2v) is 7.92. The van der Waals surface area contributed by atoms with Crippen LogP contribution in [0.3, 0.4) is 0 Å². The molecule has 0 aliphatic carbocycles. The Balaban J connectivity index is 2.77. The van der Waals surface area contributed by atoms with Crippen LogP contribution in [-0.2, 0) is 19.2 Å². The fourth-order valence-electron chi connectivity index (χ4n) is 3.43. The van der Waals surface area contributed by atoms with Gasteiger partial charge in [0.1, 0.15) is 18.1 Å². The summed E-state index contributed by atoms with van der Waals surface area (Å²) in [5.74, 6) is -2.93. The summed E-state index contributed by atoms with van der Waals surface area (Å²) in [4.78, 5) is 49.2. The Morgan fingerprint density at radius 1 is 0.875 bits per heavy atom. The first-order valence-electron chi connectivity index (χ1n) is 11.2. The number of hydrogen-bond donors (Lipinski definition) is 8. The van der Waals surface area contributed by atoms with E-state index < -0.39 is 54.5 Å². The average Bonchev–Trinajstić information content (AvgIpc) is 3.31. The van der Waals surface area contributed by atoms with Crippen LogP contribution >= 0.6 is 0 Å². The zero-order valence-electron chi connectivity index (χ0n) is 18.5. The van der Waals surface area contributed by atoms with Gasteiger partial charge in [-0.2, -0.15) is 0 Å². The minimum atomic E-state index is -1.23. The van der Waals surface area contributed by atoms with Crippen LogP contribution in [0.5, 0.6) is 0 Å². The van der Waals surface area contributed by atoms with Gasteiger partial charge in [-0.1, -0.05) is 0 Å². The Morgan fingerprint density at radius 2 is 1.44 bits per heavy atom. The van der Waals surface area contributed by atoms with E-state index in [-0.39, 0.29) is 12.8 Å². The maximum atomic E-state index is 12.8. The van der Waals surface area contributed by atoms with Crippen LogP contribution < -0.4 is 32.7 Å². The van der Waals surface area contributed by atoms with Crippen molar-refractivity contribution in [3.05, 3.63) is 0 Å². The average molecular weight is 459 g/mol. The van der Waals surface area contributed by atoms with Crippen molar-refractivity contribution in [1.29, 1.82) is 0 Å². The van der Waals surface area contributed by atoms with Crippen molar-refractivity contribution in [1.82, 2.24) is 21.3 Å². The Bertz CT molecular complexity index is 613. The molecule has 10 N–H and O–H groups in total. The Labute approximate surface area is 188 Å². The molecule has 3 amide bonds. The van der Waals surface area contributed by atoms with E-state index in [0.29, 0.717) is 51.7 Å². The Kier molecular flexibility index (Phi) is 13.5. The molecular formula is C20H38N6O6. The van der Waals surface area contributed by atoms with Gasteiger partial charge in [0, 0.05) is 0 Å². The lowest BCUT2D eigenvalue weighted by atomic mass is 10.1. The lowest BCUT2D eigenvalue weighted by Gasteiger charge is -2.24. The summed E-state index contributed by atoms with van der Waals surface area (Å²) in [6.07, 6.45) is 4.24. The molecule has 4 unspecified atom stereocenters. The fourth-order valence-corrected chi connectivity index (χ4v) is 3.43. The van der Waals surface area contributed by atoms with Crippen LogP contribution in [0.2, 0.25) is 0 Å². The predicted molar refractivity (Wildman–Crippen MR) is 117 cm³/mol. The molecule has 0 aromatic carbocycles. The Hall–Kier alpha value is -2.28. The van der Waals surface area contributed by atoms with Crippen molar-refractivity contribution in [2.24, 2.45) is 11.5 Å². The van der Waals surface area contributed by atoms with Crippen LogP contribution in [0.25, 0.3) is 0 Å². The van der Waals surface area contributed by atoms with Crippen molar-refractivity contribution in [3.8, 4) is 0 Å². The van der Waals surface area contributed by atoms with Crippen LogP contribution in [0.15, 0.2) is 0 Å². The van der Waals surface area contributed by atoms with E-state index in [1.165, 1.54) is 0 Å². The zero-order chi connectivity index (χ0) is 23.9. The van der Waals surface area contributed by atoms with Gasteiger partial charge in [-0.15, -0.1) is 0 Å². The molecule has 0 aromatic rings. The molecule has 0 bridgehead atoms. The molecule has 1 aliphatic rings. The van der Waals surface area contributed by atoms with Gasteiger partial charge in [-0.05, 0) is 71.0 Å². The zero-order valence-corrected chi connectivity index (χ0v) is 18.5. The highest BCUT2D eigenvalue weighted by atomic mass is 16.4. The number of nitrogens with two attached hydrogens (primary N) is 2. The topological polar surface area (TPSA) is 209 Å². The van der Waals surface area contributed by atoms with Crippen LogP contribution in [0.4, 0.5) is 0 Å². The van der Waals surface area contributed by atoms with Crippen LogP contribution in [0, 0.1) is 0 Å². The third-order valence-electron chi connectivity index (χ3n) is 5.33. The summed E-state index contributed by atoms with van der Waals surface area (Å²) < 4.78 is 0. The number of unbranched alkanes of at least 4 members (excludes halogenated alkanes) is 2.